The van der Waals surface area contributed by atoms with E-state index in [4.69, 9.17) is 9.84 Å². The number of nitrogens with zero attached hydrogens (tertiary/aromatic N) is 5. The second-order valence-corrected chi connectivity index (χ2v) is 5.74. The lowest BCUT2D eigenvalue weighted by Crippen LogP contribution is -2.39. The van der Waals surface area contributed by atoms with Crippen molar-refractivity contribution in [3.63, 3.8) is 0 Å². The van der Waals surface area contributed by atoms with E-state index in [1.54, 1.807) is 17.2 Å². The molecule has 2 aromatic heterocycles. The predicted molar refractivity (Wildman–Crippen MR) is 89.8 cm³/mol. The van der Waals surface area contributed by atoms with Crippen LogP contribution in [0, 0.1) is 0 Å². The minimum absolute atomic E-state index is 0.0254. The van der Waals surface area contributed by atoms with Crippen LogP contribution in [0.4, 0.5) is 5.82 Å². The Kier molecular flexibility index (Phi) is 4.10. The molecule has 1 aromatic carbocycles. The molecule has 1 aliphatic heterocycles. The summed E-state index contributed by atoms with van der Waals surface area (Å²) in [5.74, 6) is 0.869. The van der Waals surface area contributed by atoms with Crippen molar-refractivity contribution in [1.29, 1.82) is 0 Å². The number of ether oxygens (including phenoxy) is 1. The monoisotopic (exact) mass is 325 g/mol. The van der Waals surface area contributed by atoms with Crippen LogP contribution in [0.2, 0.25) is 0 Å². The van der Waals surface area contributed by atoms with Gasteiger partial charge in [0.15, 0.2) is 5.65 Å². The van der Waals surface area contributed by atoms with E-state index >= 15 is 0 Å². The Labute approximate surface area is 139 Å². The standard InChI is InChI=1S/C17H19N5O2/c23-8-6-22-17-14(10-20-22)16(18-12-19-17)21-7-9-24-15(11-21)13-4-2-1-3-5-13/h1-5,10,12,15,23H,6-9,11H2/t15-/m1/s1. The Balaban J connectivity index is 1.65. The van der Waals surface area contributed by atoms with Gasteiger partial charge in [0.1, 0.15) is 18.2 Å². The van der Waals surface area contributed by atoms with E-state index in [0.29, 0.717) is 13.2 Å². The molecule has 24 heavy (non-hydrogen) atoms. The summed E-state index contributed by atoms with van der Waals surface area (Å²) >= 11 is 0. The average Bonchev–Trinajstić information content (AvgIpc) is 3.06. The molecule has 1 N–H and O–H groups in total. The van der Waals surface area contributed by atoms with Crippen LogP contribution in [0.15, 0.2) is 42.9 Å². The summed E-state index contributed by atoms with van der Waals surface area (Å²) in [4.78, 5) is 11.0. The summed E-state index contributed by atoms with van der Waals surface area (Å²) in [6, 6.07) is 10.2. The molecule has 1 fully saturated rings. The van der Waals surface area contributed by atoms with Crippen LogP contribution in [0.1, 0.15) is 11.7 Å². The first kappa shape index (κ1) is 15.0. The van der Waals surface area contributed by atoms with E-state index in [-0.39, 0.29) is 12.7 Å². The summed E-state index contributed by atoms with van der Waals surface area (Å²) in [5.41, 5.74) is 1.92. The molecule has 4 rings (SSSR count). The van der Waals surface area contributed by atoms with E-state index < -0.39 is 0 Å². The number of aliphatic hydroxyl groups is 1. The zero-order valence-corrected chi connectivity index (χ0v) is 13.2. The summed E-state index contributed by atoms with van der Waals surface area (Å²) < 4.78 is 7.64. The van der Waals surface area contributed by atoms with Gasteiger partial charge in [0.25, 0.3) is 0 Å². The van der Waals surface area contributed by atoms with Gasteiger partial charge in [-0.1, -0.05) is 30.3 Å². The molecule has 3 aromatic rings. The topological polar surface area (TPSA) is 76.3 Å². The predicted octanol–water partition coefficient (Wildman–Crippen LogP) is 1.40. The summed E-state index contributed by atoms with van der Waals surface area (Å²) in [5, 5.41) is 14.4. The van der Waals surface area contributed by atoms with Gasteiger partial charge in [0, 0.05) is 13.1 Å². The van der Waals surface area contributed by atoms with Crippen molar-refractivity contribution in [3.05, 3.63) is 48.4 Å². The molecule has 0 radical (unpaired) electrons. The van der Waals surface area contributed by atoms with E-state index in [2.05, 4.69) is 32.1 Å². The number of fused-ring (bicyclic) bond motifs is 1. The molecule has 7 nitrogen and oxygen atoms in total. The highest BCUT2D eigenvalue weighted by atomic mass is 16.5. The molecule has 1 atom stereocenters. The lowest BCUT2D eigenvalue weighted by atomic mass is 10.1. The first-order valence-electron chi connectivity index (χ1n) is 8.05. The maximum absolute atomic E-state index is 9.15. The highest BCUT2D eigenvalue weighted by Gasteiger charge is 2.25. The highest BCUT2D eigenvalue weighted by molar-refractivity contribution is 5.86. The lowest BCUT2D eigenvalue weighted by Gasteiger charge is -2.34. The molecule has 0 spiro atoms. The minimum Gasteiger partial charge on any atom is -0.394 e. The van der Waals surface area contributed by atoms with Crippen molar-refractivity contribution in [2.75, 3.05) is 31.2 Å². The van der Waals surface area contributed by atoms with Gasteiger partial charge in [-0.25, -0.2) is 14.6 Å². The maximum Gasteiger partial charge on any atom is 0.163 e. The smallest absolute Gasteiger partial charge is 0.163 e. The van der Waals surface area contributed by atoms with Gasteiger partial charge in [0.2, 0.25) is 0 Å². The number of hydrogen-bond donors (Lipinski definition) is 1. The van der Waals surface area contributed by atoms with Gasteiger partial charge in [0.05, 0.1) is 31.3 Å². The molecular formula is C17H19N5O2. The van der Waals surface area contributed by atoms with Gasteiger partial charge < -0.3 is 14.7 Å². The SMILES string of the molecule is OCCn1ncc2c(N3CCO[C@@H](c4ccccc4)C3)ncnc21. The first-order chi connectivity index (χ1) is 11.9. The van der Waals surface area contributed by atoms with E-state index in [1.807, 2.05) is 18.2 Å². The number of morpholine rings is 1. The summed E-state index contributed by atoms with van der Waals surface area (Å²) in [7, 11) is 0. The molecule has 1 saturated heterocycles. The van der Waals surface area contributed by atoms with Gasteiger partial charge in [-0.15, -0.1) is 0 Å². The Hall–Kier alpha value is -2.51. The Morgan fingerprint density at radius 1 is 1.21 bits per heavy atom. The fourth-order valence-corrected chi connectivity index (χ4v) is 3.10. The third kappa shape index (κ3) is 2.72. The molecule has 124 valence electrons. The number of aromatic nitrogens is 4. The largest absolute Gasteiger partial charge is 0.394 e. The van der Waals surface area contributed by atoms with E-state index in [0.717, 1.165) is 29.9 Å². The molecular weight excluding hydrogens is 306 g/mol. The van der Waals surface area contributed by atoms with Crippen LogP contribution in [-0.2, 0) is 11.3 Å². The van der Waals surface area contributed by atoms with Crippen LogP contribution < -0.4 is 4.90 Å². The van der Waals surface area contributed by atoms with Crippen LogP contribution in [0.3, 0.4) is 0 Å². The summed E-state index contributed by atoms with van der Waals surface area (Å²) in [6.45, 7) is 2.62. The third-order valence-electron chi connectivity index (χ3n) is 4.26. The number of anilines is 1. The van der Waals surface area contributed by atoms with Crippen LogP contribution in [0.25, 0.3) is 11.0 Å². The fourth-order valence-electron chi connectivity index (χ4n) is 3.10. The average molecular weight is 325 g/mol. The molecule has 3 heterocycles. The maximum atomic E-state index is 9.15. The molecule has 0 unspecified atom stereocenters. The zero-order chi connectivity index (χ0) is 16.4. The molecule has 0 saturated carbocycles. The highest BCUT2D eigenvalue weighted by Crippen LogP contribution is 2.28. The van der Waals surface area contributed by atoms with Crippen LogP contribution in [-0.4, -0.2) is 51.2 Å². The van der Waals surface area contributed by atoms with Gasteiger partial charge in [-0.3, -0.25) is 0 Å². The fraction of sp³-hybridized carbons (Fsp3) is 0.353. The molecule has 1 aliphatic rings. The molecule has 0 aliphatic carbocycles. The Bertz CT molecular complexity index is 820. The number of rotatable bonds is 4. The van der Waals surface area contributed by atoms with E-state index in [9.17, 15) is 0 Å². The number of hydrogen-bond acceptors (Lipinski definition) is 6. The van der Waals surface area contributed by atoms with Crippen LogP contribution in [0.5, 0.6) is 0 Å². The van der Waals surface area contributed by atoms with Gasteiger partial charge in [-0.05, 0) is 5.56 Å². The third-order valence-corrected chi connectivity index (χ3v) is 4.26. The van der Waals surface area contributed by atoms with Crippen molar-refractivity contribution in [1.82, 2.24) is 19.7 Å². The lowest BCUT2D eigenvalue weighted by molar-refractivity contribution is 0.0396. The van der Waals surface area contributed by atoms with Crippen molar-refractivity contribution in [3.8, 4) is 0 Å². The number of benzene rings is 1. The quantitative estimate of drug-likeness (QED) is 0.781. The zero-order valence-electron chi connectivity index (χ0n) is 13.2. The van der Waals surface area contributed by atoms with Gasteiger partial charge in [-0.2, -0.15) is 5.10 Å². The molecule has 7 heteroatoms. The normalized spacial score (nSPS) is 18.2. The number of aliphatic hydroxyl groups excluding tert-OH is 1. The van der Waals surface area contributed by atoms with Crippen LogP contribution >= 0.6 is 0 Å². The second kappa shape index (κ2) is 6.54. The Morgan fingerprint density at radius 3 is 2.92 bits per heavy atom. The van der Waals surface area contributed by atoms with Crippen molar-refractivity contribution in [2.24, 2.45) is 0 Å². The second-order valence-electron chi connectivity index (χ2n) is 5.74. The van der Waals surface area contributed by atoms with Crippen molar-refractivity contribution >= 4 is 16.9 Å². The Morgan fingerprint density at radius 2 is 2.08 bits per heavy atom. The molecule has 0 bridgehead atoms. The van der Waals surface area contributed by atoms with Crippen molar-refractivity contribution < 1.29 is 9.84 Å². The summed E-state index contributed by atoms with van der Waals surface area (Å²) in [6.07, 6.45) is 3.35. The molecule has 0 amide bonds. The van der Waals surface area contributed by atoms with Crippen molar-refractivity contribution in [2.45, 2.75) is 12.6 Å². The van der Waals surface area contributed by atoms with E-state index in [1.165, 1.54) is 5.56 Å². The minimum atomic E-state index is 0.0254. The van der Waals surface area contributed by atoms with Gasteiger partial charge >= 0.3 is 0 Å². The first-order valence-corrected chi connectivity index (χ1v) is 8.05.